The molecule has 0 radical (unpaired) electrons. The van der Waals surface area contributed by atoms with Crippen molar-refractivity contribution in [2.24, 2.45) is 5.92 Å². The van der Waals surface area contributed by atoms with E-state index in [0.717, 1.165) is 18.1 Å². The summed E-state index contributed by atoms with van der Waals surface area (Å²) >= 11 is 0. The summed E-state index contributed by atoms with van der Waals surface area (Å²) in [4.78, 5) is 2.67. The maximum absolute atomic E-state index is 6.38. The fourth-order valence-corrected chi connectivity index (χ4v) is 4.93. The molecule has 0 unspecified atom stereocenters. The molecule has 2 nitrogen and oxygen atoms in total. The number of likely N-dealkylation sites (tertiary alicyclic amines) is 1. The van der Waals surface area contributed by atoms with Crippen molar-refractivity contribution in [2.75, 3.05) is 19.6 Å². The number of piperidine rings is 1. The smallest absolute Gasteiger partial charge is 0.123 e. The van der Waals surface area contributed by atoms with Crippen molar-refractivity contribution in [1.29, 1.82) is 0 Å². The van der Waals surface area contributed by atoms with Crippen LogP contribution < -0.4 is 4.74 Å². The normalized spacial score (nSPS) is 22.3. The highest BCUT2D eigenvalue weighted by molar-refractivity contribution is 5.39. The summed E-state index contributed by atoms with van der Waals surface area (Å²) in [5, 5.41) is 0. The van der Waals surface area contributed by atoms with Gasteiger partial charge in [0.1, 0.15) is 11.4 Å². The second-order valence-electron chi connectivity index (χ2n) is 7.91. The standard InChI is InChI=1S/C22H25NO/c1-2-6-19-14-17(13-18(19)5-1)16-23-11-9-22(10-12-23)15-20-7-3-4-8-21(20)24-22/h1-8,17H,9-16H2. The van der Waals surface area contributed by atoms with Gasteiger partial charge in [0.15, 0.2) is 0 Å². The molecule has 0 aromatic heterocycles. The van der Waals surface area contributed by atoms with Crippen LogP contribution in [0, 0.1) is 5.92 Å². The van der Waals surface area contributed by atoms with Crippen molar-refractivity contribution in [2.45, 2.75) is 37.7 Å². The number of benzene rings is 2. The van der Waals surface area contributed by atoms with Crippen LogP contribution in [0.5, 0.6) is 5.75 Å². The van der Waals surface area contributed by atoms with Crippen molar-refractivity contribution in [3.63, 3.8) is 0 Å². The van der Waals surface area contributed by atoms with Gasteiger partial charge < -0.3 is 9.64 Å². The molecule has 24 heavy (non-hydrogen) atoms. The van der Waals surface area contributed by atoms with Crippen LogP contribution in [0.4, 0.5) is 0 Å². The van der Waals surface area contributed by atoms with Gasteiger partial charge in [-0.05, 0) is 41.5 Å². The maximum Gasteiger partial charge on any atom is 0.123 e. The molecule has 1 aliphatic carbocycles. The minimum atomic E-state index is 0.0822. The minimum Gasteiger partial charge on any atom is -0.487 e. The van der Waals surface area contributed by atoms with Crippen molar-refractivity contribution < 1.29 is 4.74 Å². The average molecular weight is 319 g/mol. The van der Waals surface area contributed by atoms with E-state index < -0.39 is 0 Å². The molecule has 1 fully saturated rings. The second-order valence-corrected chi connectivity index (χ2v) is 7.91. The molecule has 1 spiro atoms. The molecule has 124 valence electrons. The van der Waals surface area contributed by atoms with Crippen LogP contribution in [0.2, 0.25) is 0 Å². The molecule has 2 heteroatoms. The molecule has 0 saturated carbocycles. The summed E-state index contributed by atoms with van der Waals surface area (Å²) in [7, 11) is 0. The Balaban J connectivity index is 1.19. The molecule has 0 atom stereocenters. The summed E-state index contributed by atoms with van der Waals surface area (Å²) in [6.07, 6.45) is 5.97. The van der Waals surface area contributed by atoms with E-state index in [-0.39, 0.29) is 5.60 Å². The van der Waals surface area contributed by atoms with Gasteiger partial charge >= 0.3 is 0 Å². The van der Waals surface area contributed by atoms with Crippen LogP contribution in [-0.4, -0.2) is 30.1 Å². The van der Waals surface area contributed by atoms with Crippen molar-refractivity contribution in [1.82, 2.24) is 4.90 Å². The van der Waals surface area contributed by atoms with Gasteiger partial charge in [0.05, 0.1) is 0 Å². The van der Waals surface area contributed by atoms with Crippen molar-refractivity contribution >= 4 is 0 Å². The highest BCUT2D eigenvalue weighted by atomic mass is 16.5. The fourth-order valence-electron chi connectivity index (χ4n) is 4.93. The van der Waals surface area contributed by atoms with E-state index >= 15 is 0 Å². The van der Waals surface area contributed by atoms with Crippen LogP contribution in [0.25, 0.3) is 0 Å². The first-order valence-electron chi connectivity index (χ1n) is 9.36. The van der Waals surface area contributed by atoms with Gasteiger partial charge in [0.25, 0.3) is 0 Å². The quantitative estimate of drug-likeness (QED) is 0.833. The number of fused-ring (bicyclic) bond motifs is 2. The zero-order valence-corrected chi connectivity index (χ0v) is 14.2. The van der Waals surface area contributed by atoms with Gasteiger partial charge in [-0.3, -0.25) is 0 Å². The lowest BCUT2D eigenvalue weighted by atomic mass is 9.86. The van der Waals surface area contributed by atoms with Gasteiger partial charge in [-0.15, -0.1) is 0 Å². The average Bonchev–Trinajstić information content (AvgIpc) is 3.17. The molecule has 0 bridgehead atoms. The first-order valence-corrected chi connectivity index (χ1v) is 9.36. The molecule has 2 aromatic rings. The van der Waals surface area contributed by atoms with E-state index in [4.69, 9.17) is 4.74 Å². The Morgan fingerprint density at radius 3 is 2.17 bits per heavy atom. The van der Waals surface area contributed by atoms with Gasteiger partial charge in [-0.25, -0.2) is 0 Å². The Morgan fingerprint density at radius 1 is 0.875 bits per heavy atom. The molecule has 2 aliphatic heterocycles. The van der Waals surface area contributed by atoms with Crippen LogP contribution in [0.3, 0.4) is 0 Å². The summed E-state index contributed by atoms with van der Waals surface area (Å²) in [6.45, 7) is 3.61. The molecule has 1 saturated heterocycles. The molecule has 0 amide bonds. The van der Waals surface area contributed by atoms with Crippen LogP contribution >= 0.6 is 0 Å². The Labute approximate surface area is 144 Å². The topological polar surface area (TPSA) is 12.5 Å². The first kappa shape index (κ1) is 14.5. The number of para-hydroxylation sites is 1. The van der Waals surface area contributed by atoms with E-state index in [0.29, 0.717) is 0 Å². The number of hydrogen-bond acceptors (Lipinski definition) is 2. The van der Waals surface area contributed by atoms with Gasteiger partial charge in [0, 0.05) is 38.9 Å². The number of hydrogen-bond donors (Lipinski definition) is 0. The third-order valence-corrected chi connectivity index (χ3v) is 6.23. The van der Waals surface area contributed by atoms with Crippen LogP contribution in [-0.2, 0) is 19.3 Å². The lowest BCUT2D eigenvalue weighted by molar-refractivity contribution is 0.0153. The maximum atomic E-state index is 6.38. The summed E-state index contributed by atoms with van der Waals surface area (Å²) < 4.78 is 6.38. The Kier molecular flexibility index (Phi) is 3.41. The number of rotatable bonds is 2. The third-order valence-electron chi connectivity index (χ3n) is 6.23. The SMILES string of the molecule is c1ccc2c(c1)CC(CN1CCC3(CC1)Cc1ccccc1O3)C2. The summed E-state index contributed by atoms with van der Waals surface area (Å²) in [6, 6.07) is 17.6. The zero-order chi connectivity index (χ0) is 16.0. The largest absolute Gasteiger partial charge is 0.487 e. The van der Waals surface area contributed by atoms with E-state index in [1.54, 1.807) is 11.1 Å². The molecule has 2 aromatic carbocycles. The minimum absolute atomic E-state index is 0.0822. The van der Waals surface area contributed by atoms with Crippen molar-refractivity contribution in [3.05, 3.63) is 65.2 Å². The van der Waals surface area contributed by atoms with E-state index in [2.05, 4.69) is 53.4 Å². The number of ether oxygens (including phenoxy) is 1. The molecule has 5 rings (SSSR count). The number of nitrogens with zero attached hydrogens (tertiary/aromatic N) is 1. The second kappa shape index (κ2) is 5.63. The summed E-state index contributed by atoms with van der Waals surface area (Å²) in [5.74, 6) is 1.93. The zero-order valence-electron chi connectivity index (χ0n) is 14.2. The molecular formula is C22H25NO. The monoisotopic (exact) mass is 319 g/mol. The predicted molar refractivity (Wildman–Crippen MR) is 96.5 cm³/mol. The van der Waals surface area contributed by atoms with Crippen LogP contribution in [0.15, 0.2) is 48.5 Å². The first-order chi connectivity index (χ1) is 11.8. The lowest BCUT2D eigenvalue weighted by Crippen LogP contribution is -2.48. The highest BCUT2D eigenvalue weighted by Gasteiger charge is 2.42. The lowest BCUT2D eigenvalue weighted by Gasteiger charge is -2.39. The van der Waals surface area contributed by atoms with Gasteiger partial charge in [-0.2, -0.15) is 0 Å². The third kappa shape index (κ3) is 2.53. The summed E-state index contributed by atoms with van der Waals surface area (Å²) in [5.41, 5.74) is 4.63. The molecule has 0 N–H and O–H groups in total. The Morgan fingerprint density at radius 2 is 1.50 bits per heavy atom. The van der Waals surface area contributed by atoms with E-state index in [1.807, 2.05) is 0 Å². The molecule has 3 aliphatic rings. The Bertz CT molecular complexity index is 693. The van der Waals surface area contributed by atoms with Gasteiger partial charge in [-0.1, -0.05) is 42.5 Å². The molecule has 2 heterocycles. The Hall–Kier alpha value is -1.80. The van der Waals surface area contributed by atoms with Gasteiger partial charge in [0.2, 0.25) is 0 Å². The van der Waals surface area contributed by atoms with Crippen LogP contribution in [0.1, 0.15) is 29.5 Å². The highest BCUT2D eigenvalue weighted by Crippen LogP contribution is 2.41. The molecular weight excluding hydrogens is 294 g/mol. The van der Waals surface area contributed by atoms with E-state index in [1.165, 1.54) is 50.9 Å². The van der Waals surface area contributed by atoms with Crippen molar-refractivity contribution in [3.8, 4) is 5.75 Å². The predicted octanol–water partition coefficient (Wildman–Crippen LogP) is 3.87. The van der Waals surface area contributed by atoms with E-state index in [9.17, 15) is 0 Å². The fraction of sp³-hybridized carbons (Fsp3) is 0.455.